The molecule has 0 aliphatic heterocycles. The Morgan fingerprint density at radius 3 is 1.82 bits per heavy atom. The highest BCUT2D eigenvalue weighted by atomic mass is 16.6. The van der Waals surface area contributed by atoms with E-state index < -0.39 is 17.5 Å². The largest absolute Gasteiger partial charge is 0.466 e. The van der Waals surface area contributed by atoms with E-state index in [0.29, 0.717) is 6.61 Å². The van der Waals surface area contributed by atoms with Gasteiger partial charge in [-0.1, -0.05) is 0 Å². The Bertz CT molecular complexity index is 235. The Balaban J connectivity index is 4.69. The van der Waals surface area contributed by atoms with Crippen molar-refractivity contribution in [1.82, 2.24) is 0 Å². The molecule has 0 aliphatic carbocycles. The van der Waals surface area contributed by atoms with Gasteiger partial charge in [-0.05, 0) is 0 Å². The smallest absolute Gasteiger partial charge is 0.352 e. The van der Waals surface area contributed by atoms with E-state index in [2.05, 4.69) is 9.47 Å². The van der Waals surface area contributed by atoms with E-state index in [-0.39, 0.29) is 13.2 Å². The van der Waals surface area contributed by atoms with Crippen LogP contribution in [0.2, 0.25) is 0 Å². The SMILES string of the molecule is COCCOCC(OC)(C(=O)OC)C(=O)OC. The molecule has 0 aromatic heterocycles. The number of carbonyl (C=O) groups is 2. The maximum absolute atomic E-state index is 11.6. The van der Waals surface area contributed by atoms with E-state index in [1.54, 1.807) is 0 Å². The number of methoxy groups -OCH3 is 4. The van der Waals surface area contributed by atoms with Crippen LogP contribution in [0.15, 0.2) is 0 Å². The lowest BCUT2D eigenvalue weighted by Crippen LogP contribution is -2.53. The van der Waals surface area contributed by atoms with Gasteiger partial charge >= 0.3 is 11.9 Å². The highest BCUT2D eigenvalue weighted by molar-refractivity contribution is 6.03. The molecule has 0 amide bonds. The first-order valence-electron chi connectivity index (χ1n) is 4.87. The molecule has 100 valence electrons. The molecule has 0 atom stereocenters. The predicted molar refractivity (Wildman–Crippen MR) is 56.5 cm³/mol. The van der Waals surface area contributed by atoms with Crippen LogP contribution in [0.4, 0.5) is 0 Å². The normalized spacial score (nSPS) is 11.1. The zero-order chi connectivity index (χ0) is 13.3. The Labute approximate surface area is 99.9 Å². The molecule has 7 heteroatoms. The topological polar surface area (TPSA) is 80.3 Å². The summed E-state index contributed by atoms with van der Waals surface area (Å²) in [6, 6.07) is 0. The van der Waals surface area contributed by atoms with Crippen molar-refractivity contribution in [2.24, 2.45) is 0 Å². The summed E-state index contributed by atoms with van der Waals surface area (Å²) in [5, 5.41) is 0. The fourth-order valence-corrected chi connectivity index (χ4v) is 1.11. The first kappa shape index (κ1) is 15.8. The molecule has 0 aromatic carbocycles. The maximum Gasteiger partial charge on any atom is 0.352 e. The second kappa shape index (κ2) is 7.99. The quantitative estimate of drug-likeness (QED) is 0.322. The van der Waals surface area contributed by atoms with E-state index >= 15 is 0 Å². The van der Waals surface area contributed by atoms with E-state index in [4.69, 9.17) is 14.2 Å². The molecule has 0 heterocycles. The van der Waals surface area contributed by atoms with Crippen LogP contribution in [0, 0.1) is 0 Å². The molecule has 0 radical (unpaired) electrons. The highest BCUT2D eigenvalue weighted by Gasteiger charge is 2.49. The van der Waals surface area contributed by atoms with Crippen LogP contribution in [0.1, 0.15) is 0 Å². The second-order valence-electron chi connectivity index (χ2n) is 3.06. The number of ether oxygens (including phenoxy) is 5. The average Bonchev–Trinajstić information content (AvgIpc) is 2.37. The maximum atomic E-state index is 11.6. The first-order chi connectivity index (χ1) is 8.08. The minimum absolute atomic E-state index is 0.218. The van der Waals surface area contributed by atoms with Gasteiger partial charge in [0.05, 0.1) is 34.0 Å². The Morgan fingerprint density at radius 2 is 1.47 bits per heavy atom. The summed E-state index contributed by atoms with van der Waals surface area (Å²) in [6.07, 6.45) is 0. The number of rotatable bonds is 8. The summed E-state index contributed by atoms with van der Waals surface area (Å²) in [5.74, 6) is -1.74. The average molecular weight is 250 g/mol. The molecule has 7 nitrogen and oxygen atoms in total. The Morgan fingerprint density at radius 1 is 0.941 bits per heavy atom. The van der Waals surface area contributed by atoms with Crippen molar-refractivity contribution in [3.63, 3.8) is 0 Å². The van der Waals surface area contributed by atoms with E-state index in [0.717, 1.165) is 14.2 Å². The van der Waals surface area contributed by atoms with Crippen LogP contribution in [0.5, 0.6) is 0 Å². The van der Waals surface area contributed by atoms with Gasteiger partial charge in [-0.2, -0.15) is 0 Å². The molecule has 0 unspecified atom stereocenters. The number of carbonyl (C=O) groups excluding carboxylic acids is 2. The zero-order valence-electron chi connectivity index (χ0n) is 10.5. The third kappa shape index (κ3) is 3.95. The van der Waals surface area contributed by atoms with E-state index in [9.17, 15) is 9.59 Å². The molecule has 0 rings (SSSR count). The molecule has 0 saturated carbocycles. The molecule has 0 saturated heterocycles. The number of esters is 2. The van der Waals surface area contributed by atoms with Crippen molar-refractivity contribution in [2.75, 3.05) is 48.3 Å². The van der Waals surface area contributed by atoms with Gasteiger partial charge in [-0.3, -0.25) is 0 Å². The molecular weight excluding hydrogens is 232 g/mol. The molecule has 17 heavy (non-hydrogen) atoms. The van der Waals surface area contributed by atoms with Crippen molar-refractivity contribution in [2.45, 2.75) is 5.60 Å². The molecule has 0 fully saturated rings. The van der Waals surface area contributed by atoms with Crippen LogP contribution in [0.25, 0.3) is 0 Å². The summed E-state index contributed by atoms with van der Waals surface area (Å²) >= 11 is 0. The minimum atomic E-state index is -1.89. The first-order valence-corrected chi connectivity index (χ1v) is 4.87. The van der Waals surface area contributed by atoms with Crippen LogP contribution in [-0.4, -0.2) is 65.8 Å². The molecular formula is C10H18O7. The zero-order valence-corrected chi connectivity index (χ0v) is 10.5. The van der Waals surface area contributed by atoms with Gasteiger partial charge in [0.15, 0.2) is 0 Å². The molecule has 0 N–H and O–H groups in total. The lowest BCUT2D eigenvalue weighted by Gasteiger charge is -2.26. The molecule has 0 aliphatic rings. The lowest BCUT2D eigenvalue weighted by atomic mass is 10.1. The van der Waals surface area contributed by atoms with Crippen molar-refractivity contribution in [3.8, 4) is 0 Å². The summed E-state index contributed by atoms with van der Waals surface area (Å²) in [6.45, 7) is 0.254. The Kier molecular flexibility index (Phi) is 7.44. The van der Waals surface area contributed by atoms with Gasteiger partial charge in [-0.15, -0.1) is 0 Å². The summed E-state index contributed by atoms with van der Waals surface area (Å²) in [5.41, 5.74) is -1.89. The highest BCUT2D eigenvalue weighted by Crippen LogP contribution is 2.15. The van der Waals surface area contributed by atoms with Crippen LogP contribution in [-0.2, 0) is 33.3 Å². The van der Waals surface area contributed by atoms with Gasteiger partial charge in [0.25, 0.3) is 5.60 Å². The van der Waals surface area contributed by atoms with Crippen LogP contribution in [0.3, 0.4) is 0 Å². The third-order valence-corrected chi connectivity index (χ3v) is 2.12. The summed E-state index contributed by atoms with van der Waals surface area (Å²) in [7, 11) is 5.00. The molecule has 0 aromatic rings. The standard InChI is InChI=1S/C10H18O7/c1-13-5-6-17-7-10(16-4,8(11)14-2)9(12)15-3/h5-7H2,1-4H3. The van der Waals surface area contributed by atoms with Crippen molar-refractivity contribution < 1.29 is 33.3 Å². The van der Waals surface area contributed by atoms with Crippen molar-refractivity contribution in [3.05, 3.63) is 0 Å². The monoisotopic (exact) mass is 250 g/mol. The lowest BCUT2D eigenvalue weighted by molar-refractivity contribution is -0.192. The Hall–Kier alpha value is -1.18. The predicted octanol–water partition coefficient (Wildman–Crippen LogP) is -0.619. The van der Waals surface area contributed by atoms with Gasteiger partial charge in [0, 0.05) is 14.2 Å². The molecule has 0 bridgehead atoms. The van der Waals surface area contributed by atoms with Gasteiger partial charge < -0.3 is 23.7 Å². The van der Waals surface area contributed by atoms with Gasteiger partial charge in [-0.25, -0.2) is 9.59 Å². The minimum Gasteiger partial charge on any atom is -0.466 e. The molecule has 0 spiro atoms. The second-order valence-corrected chi connectivity index (χ2v) is 3.06. The van der Waals surface area contributed by atoms with Crippen molar-refractivity contribution in [1.29, 1.82) is 0 Å². The van der Waals surface area contributed by atoms with Crippen LogP contribution >= 0.6 is 0 Å². The fourth-order valence-electron chi connectivity index (χ4n) is 1.11. The summed E-state index contributed by atoms with van der Waals surface area (Å²) in [4.78, 5) is 23.1. The third-order valence-electron chi connectivity index (χ3n) is 2.12. The van der Waals surface area contributed by atoms with E-state index in [1.165, 1.54) is 14.2 Å². The summed E-state index contributed by atoms with van der Waals surface area (Å²) < 4.78 is 23.8. The van der Waals surface area contributed by atoms with E-state index in [1.807, 2.05) is 0 Å². The van der Waals surface area contributed by atoms with Gasteiger partial charge in [0.1, 0.15) is 0 Å². The van der Waals surface area contributed by atoms with Gasteiger partial charge in [0.2, 0.25) is 0 Å². The van der Waals surface area contributed by atoms with Crippen LogP contribution < -0.4 is 0 Å². The number of hydrogen-bond donors (Lipinski definition) is 0. The fraction of sp³-hybridized carbons (Fsp3) is 0.800. The van der Waals surface area contributed by atoms with Crippen molar-refractivity contribution >= 4 is 11.9 Å². The number of hydrogen-bond acceptors (Lipinski definition) is 7.